The lowest BCUT2D eigenvalue weighted by Gasteiger charge is -2.37. The second-order valence-corrected chi connectivity index (χ2v) is 13.9. The van der Waals surface area contributed by atoms with Crippen LogP contribution < -0.4 is 0 Å². The van der Waals surface area contributed by atoms with Crippen LogP contribution in [-0.4, -0.2) is 30.3 Å². The number of carbonyl (C=O) groups is 2. The van der Waals surface area contributed by atoms with Crippen molar-refractivity contribution in [3.05, 3.63) is 112 Å². The highest BCUT2D eigenvalue weighted by Gasteiger charge is 2.49. The van der Waals surface area contributed by atoms with Gasteiger partial charge in [0.2, 0.25) is 10.0 Å². The third kappa shape index (κ3) is 6.30. The van der Waals surface area contributed by atoms with Crippen LogP contribution >= 0.6 is 11.6 Å². The first-order chi connectivity index (χ1) is 18.8. The maximum absolute atomic E-state index is 14.4. The second-order valence-electron chi connectivity index (χ2n) is 11.6. The Kier molecular flexibility index (Phi) is 8.83. The second kappa shape index (κ2) is 11.8. The monoisotopic (exact) mass is 577 g/mol. The Bertz CT molecular complexity index is 1520. The van der Waals surface area contributed by atoms with Gasteiger partial charge in [-0.25, -0.2) is 8.42 Å². The standard InChI is InChI=1S/C33H36ClNO4S/c1-22-11-9-10-14-30(22)40(38,39)35-31(33(3,4)5)21-28(32(35)25-15-17-27(34)18-16-25)29(37)20-26(23(2)36)19-24-12-7-6-8-13-24/h6-18,21,26,31-32H,19-20H2,1-5H3/t26-,31+,32+/m1/s1. The lowest BCUT2D eigenvalue weighted by Crippen LogP contribution is -2.45. The summed E-state index contributed by atoms with van der Waals surface area (Å²) in [6.07, 6.45) is 2.24. The molecule has 0 saturated carbocycles. The van der Waals surface area contributed by atoms with Gasteiger partial charge in [0, 0.05) is 29.0 Å². The largest absolute Gasteiger partial charge is 0.300 e. The molecule has 0 N–H and O–H groups in total. The van der Waals surface area contributed by atoms with Crippen LogP contribution in [-0.2, 0) is 26.0 Å². The zero-order valence-electron chi connectivity index (χ0n) is 23.6. The summed E-state index contributed by atoms with van der Waals surface area (Å²) in [5.41, 5.74) is 2.12. The van der Waals surface area contributed by atoms with Crippen LogP contribution in [0, 0.1) is 18.3 Å². The Morgan fingerprint density at radius 1 is 0.925 bits per heavy atom. The van der Waals surface area contributed by atoms with E-state index in [4.69, 9.17) is 11.6 Å². The van der Waals surface area contributed by atoms with E-state index in [1.54, 1.807) is 61.5 Å². The molecule has 40 heavy (non-hydrogen) atoms. The number of ketones is 2. The molecule has 0 bridgehead atoms. The smallest absolute Gasteiger partial charge is 0.244 e. The third-order valence-corrected chi connectivity index (χ3v) is 9.80. The lowest BCUT2D eigenvalue weighted by atomic mass is 9.85. The molecule has 3 aromatic carbocycles. The fourth-order valence-electron chi connectivity index (χ4n) is 5.33. The molecule has 0 fully saturated rings. The first kappa shape index (κ1) is 29.9. The summed E-state index contributed by atoms with van der Waals surface area (Å²) in [7, 11) is -4.04. The molecule has 1 aliphatic rings. The van der Waals surface area contributed by atoms with E-state index in [9.17, 15) is 18.0 Å². The van der Waals surface area contributed by atoms with Crippen molar-refractivity contribution in [2.75, 3.05) is 0 Å². The van der Waals surface area contributed by atoms with Crippen molar-refractivity contribution in [1.29, 1.82) is 0 Å². The van der Waals surface area contributed by atoms with Gasteiger partial charge in [-0.1, -0.05) is 99.1 Å². The molecular weight excluding hydrogens is 542 g/mol. The van der Waals surface area contributed by atoms with E-state index in [1.165, 1.54) is 11.2 Å². The third-order valence-electron chi connectivity index (χ3n) is 7.54. The Morgan fingerprint density at radius 2 is 1.52 bits per heavy atom. The number of aryl methyl sites for hydroxylation is 1. The number of Topliss-reactive ketones (excluding diaryl/α,β-unsaturated/α-hetero) is 2. The summed E-state index contributed by atoms with van der Waals surface area (Å²) >= 11 is 6.19. The topological polar surface area (TPSA) is 71.5 Å². The predicted octanol–water partition coefficient (Wildman–Crippen LogP) is 7.14. The molecule has 0 aliphatic carbocycles. The minimum Gasteiger partial charge on any atom is -0.300 e. The Labute approximate surface area is 242 Å². The highest BCUT2D eigenvalue weighted by Crippen LogP contribution is 2.47. The van der Waals surface area contributed by atoms with E-state index in [0.717, 1.165) is 5.56 Å². The van der Waals surface area contributed by atoms with E-state index >= 15 is 0 Å². The van der Waals surface area contributed by atoms with Gasteiger partial charge in [-0.05, 0) is 60.6 Å². The first-order valence-corrected chi connectivity index (χ1v) is 15.3. The van der Waals surface area contributed by atoms with Crippen LogP contribution in [0.25, 0.3) is 0 Å². The van der Waals surface area contributed by atoms with E-state index in [0.29, 0.717) is 28.1 Å². The van der Waals surface area contributed by atoms with Crippen molar-refractivity contribution in [2.24, 2.45) is 11.3 Å². The lowest BCUT2D eigenvalue weighted by molar-refractivity contribution is -0.125. The molecule has 0 spiro atoms. The van der Waals surface area contributed by atoms with Gasteiger partial charge in [0.1, 0.15) is 5.78 Å². The SMILES string of the molecule is CC(=O)[C@@H](CC(=O)C1=C[C@@H](C(C)(C)C)N(S(=O)(=O)c2ccccc2C)[C@H]1c1ccc(Cl)cc1)Cc1ccccc1. The molecule has 0 unspecified atom stereocenters. The number of rotatable bonds is 9. The first-order valence-electron chi connectivity index (χ1n) is 13.4. The fourth-order valence-corrected chi connectivity index (χ4v) is 7.60. The maximum atomic E-state index is 14.4. The van der Waals surface area contributed by atoms with Crippen LogP contribution in [0.2, 0.25) is 5.02 Å². The highest BCUT2D eigenvalue weighted by molar-refractivity contribution is 7.89. The minimum atomic E-state index is -4.04. The van der Waals surface area contributed by atoms with Gasteiger partial charge in [0.25, 0.3) is 0 Å². The summed E-state index contributed by atoms with van der Waals surface area (Å²) < 4.78 is 30.3. The van der Waals surface area contributed by atoms with E-state index in [1.807, 2.05) is 51.1 Å². The summed E-state index contributed by atoms with van der Waals surface area (Å²) in [4.78, 5) is 27.0. The molecule has 0 saturated heterocycles. The van der Waals surface area contributed by atoms with Crippen LogP contribution in [0.3, 0.4) is 0 Å². The van der Waals surface area contributed by atoms with Gasteiger partial charge in [-0.2, -0.15) is 4.31 Å². The van der Waals surface area contributed by atoms with Gasteiger partial charge >= 0.3 is 0 Å². The summed E-state index contributed by atoms with van der Waals surface area (Å²) in [6.45, 7) is 9.18. The average Bonchev–Trinajstić information content (AvgIpc) is 3.32. The molecule has 4 rings (SSSR count). The zero-order valence-corrected chi connectivity index (χ0v) is 25.2. The molecule has 1 heterocycles. The zero-order chi connectivity index (χ0) is 29.2. The Morgan fingerprint density at radius 3 is 2.10 bits per heavy atom. The number of benzene rings is 3. The quantitative estimate of drug-likeness (QED) is 0.271. The van der Waals surface area contributed by atoms with Crippen LogP contribution in [0.1, 0.15) is 56.8 Å². The van der Waals surface area contributed by atoms with Crippen molar-refractivity contribution in [2.45, 2.75) is 64.4 Å². The van der Waals surface area contributed by atoms with Gasteiger partial charge in [0.05, 0.1) is 10.9 Å². The number of sulfonamides is 1. The minimum absolute atomic E-state index is 0.00470. The van der Waals surface area contributed by atoms with Crippen LogP contribution in [0.4, 0.5) is 0 Å². The van der Waals surface area contributed by atoms with Crippen molar-refractivity contribution < 1.29 is 18.0 Å². The fraction of sp³-hybridized carbons (Fsp3) is 0.333. The highest BCUT2D eigenvalue weighted by atomic mass is 35.5. The molecule has 3 aromatic rings. The van der Waals surface area contributed by atoms with Gasteiger partial charge in [0.15, 0.2) is 5.78 Å². The van der Waals surface area contributed by atoms with Gasteiger partial charge in [-0.3, -0.25) is 9.59 Å². The number of halogens is 1. The number of nitrogens with zero attached hydrogens (tertiary/aromatic N) is 1. The van der Waals surface area contributed by atoms with Crippen molar-refractivity contribution in [3.63, 3.8) is 0 Å². The molecule has 0 aromatic heterocycles. The Hall–Kier alpha value is -3.06. The van der Waals surface area contributed by atoms with E-state index < -0.39 is 33.4 Å². The molecule has 0 amide bonds. The van der Waals surface area contributed by atoms with E-state index in [-0.39, 0.29) is 22.9 Å². The summed E-state index contributed by atoms with van der Waals surface area (Å²) in [5, 5.41) is 0.513. The molecule has 210 valence electrons. The molecule has 1 aliphatic heterocycles. The molecule has 0 radical (unpaired) electrons. The normalized spacial score (nSPS) is 18.8. The van der Waals surface area contributed by atoms with Crippen molar-refractivity contribution in [1.82, 2.24) is 4.31 Å². The molecular formula is C33H36ClNO4S. The predicted molar refractivity (Wildman–Crippen MR) is 160 cm³/mol. The van der Waals surface area contributed by atoms with E-state index in [2.05, 4.69) is 0 Å². The molecule has 3 atom stereocenters. The summed E-state index contributed by atoms with van der Waals surface area (Å²) in [6, 6.07) is 22.0. The van der Waals surface area contributed by atoms with Crippen molar-refractivity contribution >= 4 is 33.2 Å². The maximum Gasteiger partial charge on any atom is 0.244 e. The number of hydrogen-bond acceptors (Lipinski definition) is 4. The molecule has 5 nitrogen and oxygen atoms in total. The Balaban J connectivity index is 1.82. The number of hydrogen-bond donors (Lipinski definition) is 0. The van der Waals surface area contributed by atoms with Gasteiger partial charge < -0.3 is 0 Å². The number of carbonyl (C=O) groups excluding carboxylic acids is 2. The van der Waals surface area contributed by atoms with Crippen molar-refractivity contribution in [3.8, 4) is 0 Å². The van der Waals surface area contributed by atoms with Gasteiger partial charge in [-0.15, -0.1) is 0 Å². The van der Waals surface area contributed by atoms with Crippen LogP contribution in [0.5, 0.6) is 0 Å². The average molecular weight is 578 g/mol. The summed E-state index contributed by atoms with van der Waals surface area (Å²) in [5.74, 6) is -0.819. The van der Waals surface area contributed by atoms with Crippen LogP contribution in [0.15, 0.2) is 95.4 Å². The molecule has 7 heteroatoms.